The SMILES string of the molecule is CCc1ccc(C2CC(c3cc(Cc4ccc(F)cc4Cl)[nH]n3)CN(C(=O)N3CCOCC3)C2)cc1. The number of benzene rings is 2. The van der Waals surface area contributed by atoms with Crippen LogP contribution in [0, 0.1) is 5.82 Å². The minimum Gasteiger partial charge on any atom is -0.378 e. The van der Waals surface area contributed by atoms with Crippen molar-refractivity contribution in [2.45, 2.75) is 38.0 Å². The van der Waals surface area contributed by atoms with Crippen molar-refractivity contribution in [3.05, 3.63) is 87.4 Å². The number of rotatable bonds is 5. The molecule has 8 heteroatoms. The summed E-state index contributed by atoms with van der Waals surface area (Å²) in [5.74, 6) is -0.0149. The van der Waals surface area contributed by atoms with E-state index in [1.807, 2.05) is 9.80 Å². The number of hydrogen-bond donors (Lipinski definition) is 1. The van der Waals surface area contributed by atoms with E-state index < -0.39 is 0 Å². The Morgan fingerprint density at radius 3 is 2.56 bits per heavy atom. The predicted molar refractivity (Wildman–Crippen MR) is 138 cm³/mol. The van der Waals surface area contributed by atoms with Gasteiger partial charge in [-0.2, -0.15) is 5.10 Å². The minimum atomic E-state index is -0.348. The van der Waals surface area contributed by atoms with Gasteiger partial charge in [-0.3, -0.25) is 5.10 Å². The molecule has 2 atom stereocenters. The van der Waals surface area contributed by atoms with Crippen LogP contribution in [0.3, 0.4) is 0 Å². The standard InChI is InChI=1S/C28H32ClFN4O2/c1-2-19-3-5-20(6-4-19)22-13-23(18-34(17-22)28(35)33-9-11-36-12-10-33)27-16-25(31-32-27)14-21-7-8-24(30)15-26(21)29/h3-8,15-16,22-23H,2,9-14,17-18H2,1H3,(H,31,32). The predicted octanol–water partition coefficient (Wildman–Crippen LogP) is 5.38. The molecule has 2 saturated heterocycles. The Balaban J connectivity index is 1.37. The topological polar surface area (TPSA) is 61.5 Å². The highest BCUT2D eigenvalue weighted by Gasteiger charge is 2.35. The van der Waals surface area contributed by atoms with E-state index in [0.717, 1.165) is 29.8 Å². The third kappa shape index (κ3) is 5.57. The van der Waals surface area contributed by atoms with Gasteiger partial charge in [0.15, 0.2) is 0 Å². The molecule has 2 fully saturated rings. The van der Waals surface area contributed by atoms with Gasteiger partial charge >= 0.3 is 6.03 Å². The van der Waals surface area contributed by atoms with Gasteiger partial charge in [0.05, 0.1) is 18.9 Å². The normalized spacial score (nSPS) is 20.5. The van der Waals surface area contributed by atoms with E-state index in [9.17, 15) is 9.18 Å². The summed E-state index contributed by atoms with van der Waals surface area (Å²) in [4.78, 5) is 17.3. The third-order valence-electron chi connectivity index (χ3n) is 7.33. The van der Waals surface area contributed by atoms with Gasteiger partial charge in [0, 0.05) is 55.2 Å². The first-order valence-corrected chi connectivity index (χ1v) is 13.1. The molecule has 0 saturated carbocycles. The first-order valence-electron chi connectivity index (χ1n) is 12.7. The van der Waals surface area contributed by atoms with Crippen molar-refractivity contribution in [1.82, 2.24) is 20.0 Å². The number of H-pyrrole nitrogens is 1. The van der Waals surface area contributed by atoms with Crippen LogP contribution in [0.1, 0.15) is 53.3 Å². The average molecular weight is 511 g/mol. The van der Waals surface area contributed by atoms with Crippen molar-refractivity contribution >= 4 is 17.6 Å². The number of aromatic nitrogens is 2. The van der Waals surface area contributed by atoms with E-state index in [0.29, 0.717) is 50.8 Å². The second-order valence-electron chi connectivity index (χ2n) is 9.74. The monoisotopic (exact) mass is 510 g/mol. The summed E-state index contributed by atoms with van der Waals surface area (Å²) < 4.78 is 18.9. The summed E-state index contributed by atoms with van der Waals surface area (Å²) in [7, 11) is 0. The second-order valence-corrected chi connectivity index (χ2v) is 10.1. The maximum Gasteiger partial charge on any atom is 0.320 e. The molecule has 0 bridgehead atoms. The Bertz CT molecular complexity index is 1190. The van der Waals surface area contributed by atoms with Gasteiger partial charge in [0.2, 0.25) is 0 Å². The molecule has 2 aliphatic rings. The molecule has 0 aliphatic carbocycles. The molecule has 3 aromatic rings. The number of ether oxygens (including phenoxy) is 1. The Labute approximate surface area is 216 Å². The van der Waals surface area contributed by atoms with Crippen molar-refractivity contribution in [2.75, 3.05) is 39.4 Å². The molecule has 2 aromatic carbocycles. The number of piperidine rings is 1. The van der Waals surface area contributed by atoms with E-state index in [-0.39, 0.29) is 23.7 Å². The van der Waals surface area contributed by atoms with E-state index >= 15 is 0 Å². The number of nitrogens with zero attached hydrogens (tertiary/aromatic N) is 3. The molecular weight excluding hydrogens is 479 g/mol. The molecule has 2 amide bonds. The van der Waals surface area contributed by atoms with Gasteiger partial charge in [0.25, 0.3) is 0 Å². The molecule has 1 N–H and O–H groups in total. The molecule has 2 aliphatic heterocycles. The Morgan fingerprint density at radius 2 is 1.83 bits per heavy atom. The van der Waals surface area contributed by atoms with Crippen LogP contribution in [0.4, 0.5) is 9.18 Å². The quantitative estimate of drug-likeness (QED) is 0.501. The van der Waals surface area contributed by atoms with Crippen LogP contribution in [-0.4, -0.2) is 65.4 Å². The number of urea groups is 1. The Kier molecular flexibility index (Phi) is 7.58. The highest BCUT2D eigenvalue weighted by atomic mass is 35.5. The maximum absolute atomic E-state index is 13.4. The first kappa shape index (κ1) is 24.8. The van der Waals surface area contributed by atoms with Gasteiger partial charge in [0.1, 0.15) is 5.82 Å². The third-order valence-corrected chi connectivity index (χ3v) is 7.68. The smallest absolute Gasteiger partial charge is 0.320 e. The lowest BCUT2D eigenvalue weighted by Gasteiger charge is -2.40. The highest BCUT2D eigenvalue weighted by Crippen LogP contribution is 2.36. The van der Waals surface area contributed by atoms with Gasteiger partial charge < -0.3 is 14.5 Å². The van der Waals surface area contributed by atoms with Crippen molar-refractivity contribution in [3.63, 3.8) is 0 Å². The number of nitrogens with one attached hydrogen (secondary N) is 1. The van der Waals surface area contributed by atoms with E-state index in [4.69, 9.17) is 16.3 Å². The van der Waals surface area contributed by atoms with Crippen LogP contribution in [0.15, 0.2) is 48.5 Å². The number of carbonyl (C=O) groups excluding carboxylic acids is 1. The summed E-state index contributed by atoms with van der Waals surface area (Å²) in [5, 5.41) is 8.17. The molecule has 36 heavy (non-hydrogen) atoms. The average Bonchev–Trinajstić information content (AvgIpc) is 3.39. The van der Waals surface area contributed by atoms with Crippen LogP contribution in [0.2, 0.25) is 5.02 Å². The van der Waals surface area contributed by atoms with Gasteiger partial charge in [-0.25, -0.2) is 9.18 Å². The van der Waals surface area contributed by atoms with Crippen molar-refractivity contribution in [2.24, 2.45) is 0 Å². The summed E-state index contributed by atoms with van der Waals surface area (Å²) in [5.41, 5.74) is 5.26. The Hall–Kier alpha value is -2.90. The van der Waals surface area contributed by atoms with Crippen LogP contribution >= 0.6 is 11.6 Å². The molecule has 6 nitrogen and oxygen atoms in total. The number of likely N-dealkylation sites (tertiary alicyclic amines) is 1. The molecular formula is C28H32ClFN4O2. The lowest BCUT2D eigenvalue weighted by molar-refractivity contribution is 0.0398. The first-order chi connectivity index (χ1) is 17.5. The van der Waals surface area contributed by atoms with Crippen molar-refractivity contribution < 1.29 is 13.9 Å². The summed E-state index contributed by atoms with van der Waals surface area (Å²) in [6, 6.07) is 15.4. The fourth-order valence-corrected chi connectivity index (χ4v) is 5.47. The largest absolute Gasteiger partial charge is 0.378 e. The fourth-order valence-electron chi connectivity index (χ4n) is 5.24. The number of morpholine rings is 1. The minimum absolute atomic E-state index is 0.0760. The Morgan fingerprint density at radius 1 is 1.08 bits per heavy atom. The van der Waals surface area contributed by atoms with Crippen LogP contribution in [0.5, 0.6) is 0 Å². The van der Waals surface area contributed by atoms with Gasteiger partial charge in [-0.1, -0.05) is 48.9 Å². The molecule has 0 radical (unpaired) electrons. The van der Waals surface area contributed by atoms with Gasteiger partial charge in [-0.15, -0.1) is 0 Å². The number of aryl methyl sites for hydroxylation is 1. The lowest BCUT2D eigenvalue weighted by atomic mass is 9.82. The second kappa shape index (κ2) is 11.0. The van der Waals surface area contributed by atoms with E-state index in [1.54, 1.807) is 6.07 Å². The molecule has 3 heterocycles. The fraction of sp³-hybridized carbons (Fsp3) is 0.429. The van der Waals surface area contributed by atoms with Gasteiger partial charge in [-0.05, 0) is 47.7 Å². The van der Waals surface area contributed by atoms with Crippen molar-refractivity contribution in [1.29, 1.82) is 0 Å². The summed E-state index contributed by atoms with van der Waals surface area (Å²) >= 11 is 6.24. The number of amides is 2. The van der Waals surface area contributed by atoms with Crippen molar-refractivity contribution in [3.8, 4) is 0 Å². The van der Waals surface area contributed by atoms with E-state index in [1.165, 1.54) is 23.3 Å². The molecule has 0 spiro atoms. The molecule has 190 valence electrons. The van der Waals surface area contributed by atoms with Crippen LogP contribution in [-0.2, 0) is 17.6 Å². The summed E-state index contributed by atoms with van der Waals surface area (Å²) in [6.07, 6.45) is 2.46. The van der Waals surface area contributed by atoms with Crippen LogP contribution < -0.4 is 0 Å². The zero-order chi connectivity index (χ0) is 25.1. The van der Waals surface area contributed by atoms with E-state index in [2.05, 4.69) is 47.5 Å². The lowest BCUT2D eigenvalue weighted by Crippen LogP contribution is -2.52. The number of carbonyl (C=O) groups is 1. The molecule has 5 rings (SSSR count). The number of hydrogen-bond acceptors (Lipinski definition) is 3. The zero-order valence-electron chi connectivity index (χ0n) is 20.6. The summed E-state index contributed by atoms with van der Waals surface area (Å²) in [6.45, 7) is 5.89. The van der Waals surface area contributed by atoms with Crippen LogP contribution in [0.25, 0.3) is 0 Å². The number of halogens is 2. The molecule has 1 aromatic heterocycles. The molecule has 2 unspecified atom stereocenters. The zero-order valence-corrected chi connectivity index (χ0v) is 21.3. The highest BCUT2D eigenvalue weighted by molar-refractivity contribution is 6.31. The number of aromatic amines is 1. The maximum atomic E-state index is 13.4.